The van der Waals surface area contributed by atoms with E-state index in [1.165, 1.54) is 6.07 Å². The fraction of sp³-hybridized carbons (Fsp3) is 0.261. The molecule has 0 saturated carbocycles. The third-order valence-corrected chi connectivity index (χ3v) is 4.32. The number of rotatable bonds is 5. The van der Waals surface area contributed by atoms with Gasteiger partial charge in [-0.2, -0.15) is 9.59 Å². The molecule has 1 heterocycles. The molecular weight excluding hydrogens is 398 g/mol. The summed E-state index contributed by atoms with van der Waals surface area (Å²) in [5.74, 6) is 0.411. The van der Waals surface area contributed by atoms with Crippen LogP contribution in [0.5, 0.6) is 11.5 Å². The summed E-state index contributed by atoms with van der Waals surface area (Å²) in [5.41, 5.74) is 8.96. The first kappa shape index (κ1) is 23.4. The number of hydrogen-bond donors (Lipinski definition) is 3. The van der Waals surface area contributed by atoms with Crippen molar-refractivity contribution in [2.75, 3.05) is 12.3 Å². The summed E-state index contributed by atoms with van der Waals surface area (Å²) < 4.78 is 6.00. The minimum atomic E-state index is -0.647. The standard InChI is InChI=1S/C22H25N3O3.CO2/c1-13-8-15(11-16(26)9-13)21(27)25-22(3,4)12-28-19-7-5-6-18-20(19)17(23)10-14(2)24-18;2-1-3/h5-11,26H,12H2,1-4H3,(H2,23,24)(H,25,27);. The van der Waals surface area contributed by atoms with Crippen molar-refractivity contribution in [1.29, 1.82) is 0 Å². The van der Waals surface area contributed by atoms with E-state index in [0.29, 0.717) is 17.0 Å². The van der Waals surface area contributed by atoms with Gasteiger partial charge in [0.05, 0.1) is 16.4 Å². The minimum absolute atomic E-state index is 0.0632. The molecule has 1 aromatic heterocycles. The molecule has 0 saturated heterocycles. The zero-order valence-electron chi connectivity index (χ0n) is 17.9. The number of anilines is 1. The smallest absolute Gasteiger partial charge is 0.373 e. The van der Waals surface area contributed by atoms with Crippen molar-refractivity contribution < 1.29 is 24.2 Å². The number of ether oxygens (including phenoxy) is 1. The highest BCUT2D eigenvalue weighted by atomic mass is 16.5. The van der Waals surface area contributed by atoms with E-state index in [1.54, 1.807) is 12.1 Å². The van der Waals surface area contributed by atoms with E-state index in [-0.39, 0.29) is 24.4 Å². The van der Waals surface area contributed by atoms with Gasteiger partial charge in [-0.25, -0.2) is 0 Å². The van der Waals surface area contributed by atoms with Gasteiger partial charge in [0.15, 0.2) is 0 Å². The Labute approximate surface area is 180 Å². The van der Waals surface area contributed by atoms with Gasteiger partial charge < -0.3 is 20.9 Å². The van der Waals surface area contributed by atoms with E-state index in [0.717, 1.165) is 22.2 Å². The van der Waals surface area contributed by atoms with Crippen LogP contribution < -0.4 is 15.8 Å². The summed E-state index contributed by atoms with van der Waals surface area (Å²) in [6.45, 7) is 7.70. The maximum atomic E-state index is 12.6. The van der Waals surface area contributed by atoms with Gasteiger partial charge in [0, 0.05) is 16.9 Å². The predicted molar refractivity (Wildman–Crippen MR) is 116 cm³/mol. The van der Waals surface area contributed by atoms with Crippen molar-refractivity contribution in [3.05, 3.63) is 59.3 Å². The van der Waals surface area contributed by atoms with Crippen LogP contribution in [-0.4, -0.2) is 34.3 Å². The van der Waals surface area contributed by atoms with Gasteiger partial charge in [-0.15, -0.1) is 0 Å². The van der Waals surface area contributed by atoms with Crippen molar-refractivity contribution in [3.8, 4) is 11.5 Å². The van der Waals surface area contributed by atoms with Crippen LogP contribution in [0.2, 0.25) is 0 Å². The molecule has 0 unspecified atom stereocenters. The van der Waals surface area contributed by atoms with Crippen LogP contribution in [-0.2, 0) is 9.59 Å². The molecule has 3 rings (SSSR count). The van der Waals surface area contributed by atoms with E-state index >= 15 is 0 Å². The molecule has 8 nitrogen and oxygen atoms in total. The van der Waals surface area contributed by atoms with E-state index in [9.17, 15) is 9.90 Å². The van der Waals surface area contributed by atoms with E-state index < -0.39 is 5.54 Å². The Hall–Kier alpha value is -3.90. The highest BCUT2D eigenvalue weighted by Crippen LogP contribution is 2.30. The van der Waals surface area contributed by atoms with Crippen molar-refractivity contribution in [2.45, 2.75) is 33.2 Å². The zero-order valence-corrected chi connectivity index (χ0v) is 17.9. The van der Waals surface area contributed by atoms with Crippen LogP contribution in [0.4, 0.5) is 5.69 Å². The van der Waals surface area contributed by atoms with E-state index in [4.69, 9.17) is 20.1 Å². The molecule has 0 aliphatic rings. The monoisotopic (exact) mass is 423 g/mol. The number of nitrogens with two attached hydrogens (primary N) is 1. The van der Waals surface area contributed by atoms with Crippen LogP contribution in [0.15, 0.2) is 42.5 Å². The predicted octanol–water partition coefficient (Wildman–Crippen LogP) is 3.14. The molecule has 0 atom stereocenters. The molecule has 8 heteroatoms. The maximum Gasteiger partial charge on any atom is 0.373 e. The Morgan fingerprint density at radius 1 is 1.19 bits per heavy atom. The zero-order chi connectivity index (χ0) is 23.2. The molecule has 3 aromatic rings. The SMILES string of the molecule is Cc1cc(O)cc(C(=O)NC(C)(C)COc2cccc3nc(C)cc(N)c23)c1.O=C=O. The van der Waals surface area contributed by atoms with E-state index in [1.807, 2.05) is 52.0 Å². The first-order chi connectivity index (χ1) is 14.6. The molecule has 1 amide bonds. The lowest BCUT2D eigenvalue weighted by molar-refractivity contribution is -0.191. The maximum absolute atomic E-state index is 12.6. The molecular formula is C23H25N3O5. The lowest BCUT2D eigenvalue weighted by Gasteiger charge is -2.27. The number of fused-ring (bicyclic) bond motifs is 1. The topological polar surface area (TPSA) is 132 Å². The Bertz CT molecular complexity index is 1120. The lowest BCUT2D eigenvalue weighted by Crippen LogP contribution is -2.47. The number of aryl methyl sites for hydroxylation is 2. The fourth-order valence-electron chi connectivity index (χ4n) is 3.11. The largest absolute Gasteiger partial charge is 0.508 e. The number of phenolic OH excluding ortho intramolecular Hbond substituents is 1. The quantitative estimate of drug-likeness (QED) is 0.574. The Kier molecular flexibility index (Phi) is 7.34. The number of amides is 1. The molecule has 0 aliphatic carbocycles. The van der Waals surface area contributed by atoms with Crippen molar-refractivity contribution in [3.63, 3.8) is 0 Å². The van der Waals surface area contributed by atoms with Gasteiger partial charge in [-0.05, 0) is 69.7 Å². The van der Waals surface area contributed by atoms with Crippen LogP contribution in [0.25, 0.3) is 10.9 Å². The third kappa shape index (κ3) is 6.29. The van der Waals surface area contributed by atoms with Gasteiger partial charge in [-0.3, -0.25) is 9.78 Å². The number of carbonyl (C=O) groups is 1. The summed E-state index contributed by atoms with van der Waals surface area (Å²) in [7, 11) is 0. The normalized spacial score (nSPS) is 10.6. The number of nitrogen functional groups attached to an aromatic ring is 1. The van der Waals surface area contributed by atoms with Crippen LogP contribution in [0.3, 0.4) is 0 Å². The average Bonchev–Trinajstić information content (AvgIpc) is 2.65. The average molecular weight is 423 g/mol. The minimum Gasteiger partial charge on any atom is -0.508 e. The Morgan fingerprint density at radius 2 is 1.87 bits per heavy atom. The van der Waals surface area contributed by atoms with Gasteiger partial charge in [0.2, 0.25) is 0 Å². The number of nitrogens with one attached hydrogen (secondary N) is 1. The number of phenols is 1. The van der Waals surface area contributed by atoms with Gasteiger partial charge in [-0.1, -0.05) is 6.07 Å². The Morgan fingerprint density at radius 3 is 2.52 bits per heavy atom. The molecule has 0 radical (unpaired) electrons. The van der Waals surface area contributed by atoms with Crippen LogP contribution in [0.1, 0.15) is 35.5 Å². The number of hydrogen-bond acceptors (Lipinski definition) is 7. The number of aromatic hydroxyl groups is 1. The van der Waals surface area contributed by atoms with Gasteiger partial charge in [0.1, 0.15) is 18.1 Å². The van der Waals surface area contributed by atoms with Crippen molar-refractivity contribution >= 4 is 28.6 Å². The number of nitrogens with zero attached hydrogens (tertiary/aromatic N) is 1. The second-order valence-corrected chi connectivity index (χ2v) is 7.77. The third-order valence-electron chi connectivity index (χ3n) is 4.32. The summed E-state index contributed by atoms with van der Waals surface area (Å²) in [5, 5.41) is 13.4. The molecule has 162 valence electrons. The first-order valence-corrected chi connectivity index (χ1v) is 9.47. The Balaban J connectivity index is 0.00000107. The van der Waals surface area contributed by atoms with Crippen molar-refractivity contribution in [2.24, 2.45) is 0 Å². The van der Waals surface area contributed by atoms with Crippen LogP contribution in [0, 0.1) is 13.8 Å². The summed E-state index contributed by atoms with van der Waals surface area (Å²) >= 11 is 0. The molecule has 0 bridgehead atoms. The molecule has 0 fully saturated rings. The molecule has 31 heavy (non-hydrogen) atoms. The lowest BCUT2D eigenvalue weighted by atomic mass is 10.0. The van der Waals surface area contributed by atoms with E-state index in [2.05, 4.69) is 10.3 Å². The number of pyridine rings is 1. The molecule has 0 spiro atoms. The second-order valence-electron chi connectivity index (χ2n) is 7.77. The summed E-state index contributed by atoms with van der Waals surface area (Å²) in [6.07, 6.45) is 0.250. The summed E-state index contributed by atoms with van der Waals surface area (Å²) in [4.78, 5) is 33.3. The molecule has 2 aromatic carbocycles. The molecule has 0 aliphatic heterocycles. The number of carbonyl (C=O) groups excluding carboxylic acids is 3. The number of aromatic nitrogens is 1. The fourth-order valence-corrected chi connectivity index (χ4v) is 3.11. The number of benzene rings is 2. The molecule has 4 N–H and O–H groups in total. The highest BCUT2D eigenvalue weighted by Gasteiger charge is 2.23. The summed E-state index contributed by atoms with van der Waals surface area (Å²) in [6, 6.07) is 12.2. The van der Waals surface area contributed by atoms with Crippen LogP contribution >= 0.6 is 0 Å². The van der Waals surface area contributed by atoms with Crippen molar-refractivity contribution in [1.82, 2.24) is 10.3 Å². The van der Waals surface area contributed by atoms with Gasteiger partial charge >= 0.3 is 6.15 Å². The highest BCUT2D eigenvalue weighted by molar-refractivity contribution is 5.96. The first-order valence-electron chi connectivity index (χ1n) is 9.47. The van der Waals surface area contributed by atoms with Gasteiger partial charge in [0.25, 0.3) is 5.91 Å². The second kappa shape index (κ2) is 9.73.